The number of nitrogens with zero attached hydrogens (tertiary/aromatic N) is 1. The summed E-state index contributed by atoms with van der Waals surface area (Å²) in [6, 6.07) is 0. The number of hydrogen-bond acceptors (Lipinski definition) is 5. The fraction of sp³-hybridized carbons (Fsp3) is 0.889. The summed E-state index contributed by atoms with van der Waals surface area (Å²) in [5.41, 5.74) is 5.71. The first-order valence-corrected chi connectivity index (χ1v) is 9.01. The molecule has 1 aliphatic rings. The SMILES string of the molecule is CC.CC.NCC1CCCN(CCOCCOCC#CCO)C1. The number of likely N-dealkylation sites (tertiary alicyclic amines) is 1. The summed E-state index contributed by atoms with van der Waals surface area (Å²) in [6.07, 6.45) is 2.51. The van der Waals surface area contributed by atoms with Crippen LogP contribution in [-0.2, 0) is 9.47 Å². The number of piperidine rings is 1. The molecule has 138 valence electrons. The average molecular weight is 331 g/mol. The fourth-order valence-corrected chi connectivity index (χ4v) is 2.19. The topological polar surface area (TPSA) is 68.0 Å². The lowest BCUT2D eigenvalue weighted by atomic mass is 9.98. The Hall–Kier alpha value is -0.640. The minimum absolute atomic E-state index is 0.112. The second-order valence-electron chi connectivity index (χ2n) is 4.72. The third-order valence-electron chi connectivity index (χ3n) is 3.24. The van der Waals surface area contributed by atoms with Crippen molar-refractivity contribution < 1.29 is 14.6 Å². The Labute approximate surface area is 143 Å². The van der Waals surface area contributed by atoms with Crippen LogP contribution in [0.15, 0.2) is 0 Å². The molecule has 1 heterocycles. The highest BCUT2D eigenvalue weighted by atomic mass is 16.5. The molecule has 0 saturated carbocycles. The largest absolute Gasteiger partial charge is 0.384 e. The van der Waals surface area contributed by atoms with Crippen molar-refractivity contribution in [2.75, 3.05) is 59.2 Å². The Bertz CT molecular complexity index is 277. The quantitative estimate of drug-likeness (QED) is 0.524. The lowest BCUT2D eigenvalue weighted by Gasteiger charge is -2.31. The van der Waals surface area contributed by atoms with Gasteiger partial charge in [-0.25, -0.2) is 0 Å². The summed E-state index contributed by atoms with van der Waals surface area (Å²) >= 11 is 0. The van der Waals surface area contributed by atoms with Gasteiger partial charge in [-0.2, -0.15) is 0 Å². The van der Waals surface area contributed by atoms with Crippen molar-refractivity contribution in [2.45, 2.75) is 40.5 Å². The van der Waals surface area contributed by atoms with E-state index in [4.69, 9.17) is 20.3 Å². The normalized spacial score (nSPS) is 17.0. The Kier molecular flexibility index (Phi) is 22.9. The molecule has 5 nitrogen and oxygen atoms in total. The molecular formula is C18H38N2O3. The van der Waals surface area contributed by atoms with Gasteiger partial charge < -0.3 is 25.2 Å². The molecule has 0 radical (unpaired) electrons. The van der Waals surface area contributed by atoms with E-state index in [2.05, 4.69) is 16.7 Å². The van der Waals surface area contributed by atoms with Crippen molar-refractivity contribution in [1.29, 1.82) is 0 Å². The van der Waals surface area contributed by atoms with Crippen molar-refractivity contribution in [3.63, 3.8) is 0 Å². The van der Waals surface area contributed by atoms with Gasteiger partial charge in [0.15, 0.2) is 0 Å². The fourth-order valence-electron chi connectivity index (χ4n) is 2.19. The van der Waals surface area contributed by atoms with Gasteiger partial charge in [-0.3, -0.25) is 0 Å². The van der Waals surface area contributed by atoms with Crippen LogP contribution in [0.4, 0.5) is 0 Å². The van der Waals surface area contributed by atoms with Crippen LogP contribution in [0, 0.1) is 17.8 Å². The Morgan fingerprint density at radius 2 is 1.78 bits per heavy atom. The molecule has 0 spiro atoms. The number of hydrogen-bond donors (Lipinski definition) is 2. The summed E-state index contributed by atoms with van der Waals surface area (Å²) in [4.78, 5) is 2.43. The Balaban J connectivity index is 0. The highest BCUT2D eigenvalue weighted by molar-refractivity contribution is 4.98. The van der Waals surface area contributed by atoms with E-state index in [-0.39, 0.29) is 6.61 Å². The van der Waals surface area contributed by atoms with Crippen LogP contribution in [0.5, 0.6) is 0 Å². The summed E-state index contributed by atoms with van der Waals surface area (Å²) in [7, 11) is 0. The molecule has 0 aromatic rings. The molecule has 1 rings (SSSR count). The zero-order valence-electron chi connectivity index (χ0n) is 15.6. The monoisotopic (exact) mass is 330 g/mol. The van der Waals surface area contributed by atoms with E-state index in [1.165, 1.54) is 12.8 Å². The summed E-state index contributed by atoms with van der Waals surface area (Å²) < 4.78 is 10.7. The molecule has 0 aromatic heterocycles. The first-order valence-electron chi connectivity index (χ1n) is 9.01. The highest BCUT2D eigenvalue weighted by Crippen LogP contribution is 2.14. The Morgan fingerprint density at radius 1 is 1.09 bits per heavy atom. The molecule has 0 aromatic carbocycles. The van der Waals surface area contributed by atoms with Crippen LogP contribution < -0.4 is 5.73 Å². The third-order valence-corrected chi connectivity index (χ3v) is 3.24. The first kappa shape index (κ1) is 24.6. The molecule has 0 amide bonds. The molecule has 1 saturated heterocycles. The van der Waals surface area contributed by atoms with Crippen molar-refractivity contribution in [1.82, 2.24) is 4.90 Å². The van der Waals surface area contributed by atoms with E-state index >= 15 is 0 Å². The maximum atomic E-state index is 8.43. The zero-order valence-corrected chi connectivity index (χ0v) is 15.6. The smallest absolute Gasteiger partial charge is 0.107 e. The Morgan fingerprint density at radius 3 is 2.43 bits per heavy atom. The molecule has 23 heavy (non-hydrogen) atoms. The minimum Gasteiger partial charge on any atom is -0.384 e. The molecule has 0 bridgehead atoms. The van der Waals surface area contributed by atoms with Crippen molar-refractivity contribution in [3.8, 4) is 11.8 Å². The van der Waals surface area contributed by atoms with E-state index in [1.807, 2.05) is 27.7 Å². The van der Waals surface area contributed by atoms with Gasteiger partial charge in [-0.05, 0) is 31.8 Å². The molecule has 1 unspecified atom stereocenters. The summed E-state index contributed by atoms with van der Waals surface area (Å²) in [5.74, 6) is 5.87. The molecule has 3 N–H and O–H groups in total. The zero-order chi connectivity index (χ0) is 17.8. The predicted octanol–water partition coefficient (Wildman–Crippen LogP) is 1.74. The van der Waals surface area contributed by atoms with Crippen LogP contribution in [-0.4, -0.2) is 69.2 Å². The number of nitrogens with two attached hydrogens (primary N) is 1. The van der Waals surface area contributed by atoms with E-state index in [9.17, 15) is 0 Å². The van der Waals surface area contributed by atoms with E-state index < -0.39 is 0 Å². The van der Waals surface area contributed by atoms with Gasteiger partial charge >= 0.3 is 0 Å². The number of aliphatic hydroxyl groups is 1. The van der Waals surface area contributed by atoms with E-state index in [0.717, 1.165) is 32.8 Å². The van der Waals surface area contributed by atoms with Gasteiger partial charge in [0.1, 0.15) is 13.2 Å². The lowest BCUT2D eigenvalue weighted by molar-refractivity contribution is 0.0426. The van der Waals surface area contributed by atoms with Gasteiger partial charge in [0, 0.05) is 13.1 Å². The highest BCUT2D eigenvalue weighted by Gasteiger charge is 2.17. The maximum Gasteiger partial charge on any atom is 0.107 e. The summed E-state index contributed by atoms with van der Waals surface area (Å²) in [5, 5.41) is 8.43. The average Bonchev–Trinajstić information content (AvgIpc) is 2.64. The lowest BCUT2D eigenvalue weighted by Crippen LogP contribution is -2.40. The predicted molar refractivity (Wildman–Crippen MR) is 97.4 cm³/mol. The van der Waals surface area contributed by atoms with Crippen molar-refractivity contribution in [2.24, 2.45) is 11.7 Å². The standard InChI is InChI=1S/C14H26N2O3.2C2H6/c15-12-14-4-3-5-16(13-14)6-9-19-11-10-18-8-2-1-7-17;2*1-2/h14,17H,3-13,15H2;2*1-2H3. The second kappa shape index (κ2) is 21.4. The minimum atomic E-state index is -0.112. The molecule has 1 aliphatic heterocycles. The molecule has 5 heteroatoms. The third kappa shape index (κ3) is 16.0. The molecule has 0 aliphatic carbocycles. The van der Waals surface area contributed by atoms with Crippen molar-refractivity contribution >= 4 is 0 Å². The molecular weight excluding hydrogens is 292 g/mol. The van der Waals surface area contributed by atoms with E-state index in [0.29, 0.717) is 25.7 Å². The van der Waals surface area contributed by atoms with Gasteiger partial charge in [-0.1, -0.05) is 39.5 Å². The van der Waals surface area contributed by atoms with Gasteiger partial charge in [0.25, 0.3) is 0 Å². The summed E-state index contributed by atoms with van der Waals surface area (Å²) in [6.45, 7) is 14.2. The second-order valence-corrected chi connectivity index (χ2v) is 4.72. The van der Waals surface area contributed by atoms with Gasteiger partial charge in [-0.15, -0.1) is 0 Å². The number of ether oxygens (including phenoxy) is 2. The maximum absolute atomic E-state index is 8.43. The van der Waals surface area contributed by atoms with Crippen LogP contribution in [0.3, 0.4) is 0 Å². The first-order chi connectivity index (χ1) is 11.4. The van der Waals surface area contributed by atoms with Gasteiger partial charge in [0.05, 0.1) is 19.8 Å². The molecule has 1 atom stereocenters. The number of rotatable bonds is 8. The van der Waals surface area contributed by atoms with Crippen LogP contribution in [0.1, 0.15) is 40.5 Å². The van der Waals surface area contributed by atoms with Crippen LogP contribution in [0.25, 0.3) is 0 Å². The van der Waals surface area contributed by atoms with Crippen molar-refractivity contribution in [3.05, 3.63) is 0 Å². The molecule has 1 fully saturated rings. The van der Waals surface area contributed by atoms with E-state index in [1.54, 1.807) is 0 Å². The number of aliphatic hydroxyl groups excluding tert-OH is 1. The van der Waals surface area contributed by atoms with Gasteiger partial charge in [0.2, 0.25) is 0 Å². The van der Waals surface area contributed by atoms with Crippen LogP contribution >= 0.6 is 0 Å². The van der Waals surface area contributed by atoms with Crippen LogP contribution in [0.2, 0.25) is 0 Å².